The topological polar surface area (TPSA) is 112 Å². The van der Waals surface area contributed by atoms with Gasteiger partial charge in [0.2, 0.25) is 0 Å². The second kappa shape index (κ2) is 9.15. The van der Waals surface area contributed by atoms with Gasteiger partial charge in [0, 0.05) is 11.4 Å². The second-order valence-electron chi connectivity index (χ2n) is 5.76. The lowest BCUT2D eigenvalue weighted by Crippen LogP contribution is -2.30. The number of benzene rings is 2. The summed E-state index contributed by atoms with van der Waals surface area (Å²) in [6.45, 7) is 0. The number of ketones is 2. The van der Waals surface area contributed by atoms with Crippen LogP contribution in [0, 0.1) is 5.92 Å². The van der Waals surface area contributed by atoms with Gasteiger partial charge in [-0.1, -0.05) is 36.4 Å². The molecule has 0 aliphatic carbocycles. The van der Waals surface area contributed by atoms with Crippen molar-refractivity contribution in [3.8, 4) is 0 Å². The molecule has 0 unspecified atom stereocenters. The molecule has 0 saturated carbocycles. The summed E-state index contributed by atoms with van der Waals surface area (Å²) >= 11 is 0. The van der Waals surface area contributed by atoms with E-state index < -0.39 is 23.5 Å². The van der Waals surface area contributed by atoms with Crippen molar-refractivity contribution < 1.29 is 19.1 Å². The first-order valence-electron chi connectivity index (χ1n) is 8.13. The van der Waals surface area contributed by atoms with Gasteiger partial charge in [-0.2, -0.15) is 0 Å². The number of carbonyl (C=O) groups excluding carboxylic acids is 3. The average Bonchev–Trinajstić information content (AvgIpc) is 2.67. The maximum absolute atomic E-state index is 12.4. The number of anilines is 2. The zero-order valence-electron chi connectivity index (χ0n) is 14.8. The predicted octanol–water partition coefficient (Wildman–Crippen LogP) is 2.50. The van der Waals surface area contributed by atoms with Gasteiger partial charge in [0.05, 0.1) is 7.11 Å². The van der Waals surface area contributed by atoms with Crippen LogP contribution in [0.5, 0.6) is 0 Å². The van der Waals surface area contributed by atoms with E-state index in [9.17, 15) is 14.4 Å². The highest BCUT2D eigenvalue weighted by Crippen LogP contribution is 2.12. The van der Waals surface area contributed by atoms with E-state index in [1.807, 2.05) is 0 Å². The predicted molar refractivity (Wildman–Crippen MR) is 105 cm³/mol. The lowest BCUT2D eigenvalue weighted by atomic mass is 9.97. The Hall–Kier alpha value is -3.67. The lowest BCUT2D eigenvalue weighted by molar-refractivity contribution is -0.150. The molecule has 6 heteroatoms. The highest BCUT2D eigenvalue weighted by atomic mass is 16.5. The van der Waals surface area contributed by atoms with E-state index in [1.165, 1.54) is 24.3 Å². The second-order valence-corrected chi connectivity index (χ2v) is 5.76. The monoisotopic (exact) mass is 364 g/mol. The highest BCUT2D eigenvalue weighted by molar-refractivity contribution is 6.24. The Labute approximate surface area is 157 Å². The van der Waals surface area contributed by atoms with E-state index in [-0.39, 0.29) is 0 Å². The summed E-state index contributed by atoms with van der Waals surface area (Å²) in [6, 6.07) is 13.6. The summed E-state index contributed by atoms with van der Waals surface area (Å²) in [4.78, 5) is 36.7. The Morgan fingerprint density at radius 3 is 1.48 bits per heavy atom. The molecule has 0 heterocycles. The van der Waals surface area contributed by atoms with Gasteiger partial charge < -0.3 is 16.2 Å². The first-order valence-corrected chi connectivity index (χ1v) is 8.13. The molecular weight excluding hydrogens is 344 g/mol. The molecule has 0 saturated heterocycles. The molecule has 4 N–H and O–H groups in total. The quantitative estimate of drug-likeness (QED) is 0.338. The number of nitrogen functional groups attached to an aromatic ring is 2. The molecule has 2 rings (SSSR count). The van der Waals surface area contributed by atoms with Crippen LogP contribution >= 0.6 is 0 Å². The first kappa shape index (κ1) is 19.7. The van der Waals surface area contributed by atoms with Crippen LogP contribution in [-0.2, 0) is 19.1 Å². The Bertz CT molecular complexity index is 814. The van der Waals surface area contributed by atoms with Gasteiger partial charge in [0.25, 0.3) is 0 Å². The van der Waals surface area contributed by atoms with Crippen molar-refractivity contribution in [3.05, 3.63) is 71.8 Å². The number of rotatable bonds is 7. The Kier molecular flexibility index (Phi) is 6.66. The average molecular weight is 364 g/mol. The van der Waals surface area contributed by atoms with E-state index in [1.54, 1.807) is 48.5 Å². The summed E-state index contributed by atoms with van der Waals surface area (Å²) in [5.41, 5.74) is 13.8. The molecule has 0 radical (unpaired) electrons. The lowest BCUT2D eigenvalue weighted by Gasteiger charge is -2.08. The number of nitrogens with two attached hydrogens (primary N) is 2. The first-order chi connectivity index (χ1) is 12.9. The minimum atomic E-state index is -1.55. The van der Waals surface area contributed by atoms with Gasteiger partial charge >= 0.3 is 5.97 Å². The molecule has 2 aromatic carbocycles. The molecule has 2 aromatic rings. The Morgan fingerprint density at radius 1 is 0.778 bits per heavy atom. The number of carbonyl (C=O) groups is 3. The molecule has 0 fully saturated rings. The number of ether oxygens (including phenoxy) is 1. The smallest absolute Gasteiger partial charge is 0.324 e. The summed E-state index contributed by atoms with van der Waals surface area (Å²) in [6.07, 6.45) is 5.38. The van der Waals surface area contributed by atoms with Crippen molar-refractivity contribution in [3.63, 3.8) is 0 Å². The van der Waals surface area contributed by atoms with Crippen LogP contribution < -0.4 is 11.5 Å². The van der Waals surface area contributed by atoms with Gasteiger partial charge in [-0.15, -0.1) is 0 Å². The standard InChI is InChI=1S/C21H20N2O4/c1-27-21(26)20(18(24)12-6-14-2-8-16(22)9-3-14)19(25)13-7-15-4-10-17(23)11-5-15/h2-13,20H,22-23H2,1H3/b12-6+,13-7+. The normalized spacial score (nSPS) is 11.2. The van der Waals surface area contributed by atoms with E-state index in [2.05, 4.69) is 4.74 Å². The fourth-order valence-electron chi connectivity index (χ4n) is 2.25. The molecule has 0 atom stereocenters. The van der Waals surface area contributed by atoms with Gasteiger partial charge in [-0.25, -0.2) is 0 Å². The van der Waals surface area contributed by atoms with E-state index in [4.69, 9.17) is 11.5 Å². The van der Waals surface area contributed by atoms with E-state index in [0.29, 0.717) is 22.5 Å². The summed E-state index contributed by atoms with van der Waals surface area (Å²) in [5.74, 6) is -3.78. The summed E-state index contributed by atoms with van der Waals surface area (Å²) in [5, 5.41) is 0. The number of hydrogen-bond donors (Lipinski definition) is 2. The van der Waals surface area contributed by atoms with E-state index in [0.717, 1.165) is 7.11 Å². The molecule has 138 valence electrons. The fraction of sp³-hybridized carbons (Fsp3) is 0.0952. The van der Waals surface area contributed by atoms with Crippen LogP contribution in [0.3, 0.4) is 0 Å². The van der Waals surface area contributed by atoms with Crippen LogP contribution in [0.2, 0.25) is 0 Å². The minimum absolute atomic E-state index is 0.592. The number of esters is 1. The van der Waals surface area contributed by atoms with Crippen molar-refractivity contribution in [2.24, 2.45) is 5.92 Å². The fourth-order valence-corrected chi connectivity index (χ4v) is 2.25. The summed E-state index contributed by atoms with van der Waals surface area (Å²) < 4.78 is 4.61. The third-order valence-corrected chi connectivity index (χ3v) is 3.76. The molecule has 27 heavy (non-hydrogen) atoms. The molecule has 0 bridgehead atoms. The van der Waals surface area contributed by atoms with Crippen LogP contribution in [0.15, 0.2) is 60.7 Å². The SMILES string of the molecule is COC(=O)C(C(=O)/C=C/c1ccc(N)cc1)C(=O)/C=C/c1ccc(N)cc1. The Morgan fingerprint density at radius 2 is 1.15 bits per heavy atom. The van der Waals surface area contributed by atoms with E-state index >= 15 is 0 Å². The van der Waals surface area contributed by atoms with Crippen molar-refractivity contribution in [2.75, 3.05) is 18.6 Å². The number of methoxy groups -OCH3 is 1. The van der Waals surface area contributed by atoms with Crippen LogP contribution in [-0.4, -0.2) is 24.6 Å². The molecule has 0 aromatic heterocycles. The molecule has 6 nitrogen and oxygen atoms in total. The molecule has 0 amide bonds. The van der Waals surface area contributed by atoms with Crippen LogP contribution in [0.1, 0.15) is 11.1 Å². The van der Waals surface area contributed by atoms with Crippen LogP contribution in [0.4, 0.5) is 11.4 Å². The van der Waals surface area contributed by atoms with Crippen molar-refractivity contribution in [1.82, 2.24) is 0 Å². The van der Waals surface area contributed by atoms with Crippen LogP contribution in [0.25, 0.3) is 12.2 Å². The largest absolute Gasteiger partial charge is 0.468 e. The van der Waals surface area contributed by atoms with Gasteiger partial charge in [0.1, 0.15) is 0 Å². The molecule has 0 aliphatic heterocycles. The third kappa shape index (κ3) is 5.67. The molecule has 0 spiro atoms. The molecule has 0 aliphatic rings. The zero-order chi connectivity index (χ0) is 19.8. The molecular formula is C21H20N2O4. The van der Waals surface area contributed by atoms with Crippen molar-refractivity contribution >= 4 is 41.1 Å². The zero-order valence-corrected chi connectivity index (χ0v) is 14.8. The maximum Gasteiger partial charge on any atom is 0.324 e. The van der Waals surface area contributed by atoms with Gasteiger partial charge in [-0.05, 0) is 47.5 Å². The van der Waals surface area contributed by atoms with Crippen molar-refractivity contribution in [2.45, 2.75) is 0 Å². The Balaban J connectivity index is 2.16. The number of hydrogen-bond acceptors (Lipinski definition) is 6. The van der Waals surface area contributed by atoms with Gasteiger partial charge in [-0.3, -0.25) is 14.4 Å². The van der Waals surface area contributed by atoms with Gasteiger partial charge in [0.15, 0.2) is 17.5 Å². The van der Waals surface area contributed by atoms with Crippen molar-refractivity contribution in [1.29, 1.82) is 0 Å². The summed E-state index contributed by atoms with van der Waals surface area (Å²) in [7, 11) is 1.13. The number of allylic oxidation sites excluding steroid dienone is 2. The minimum Gasteiger partial charge on any atom is -0.468 e. The maximum atomic E-state index is 12.4. The highest BCUT2D eigenvalue weighted by Gasteiger charge is 2.31. The third-order valence-electron chi connectivity index (χ3n) is 3.76.